The second-order valence-electron chi connectivity index (χ2n) is 3.24. The van der Waals surface area contributed by atoms with Crippen LogP contribution < -0.4 is 5.32 Å². The molecule has 1 aromatic heterocycles. The average molecular weight is 214 g/mol. The van der Waals surface area contributed by atoms with E-state index in [1.54, 1.807) is 0 Å². The van der Waals surface area contributed by atoms with E-state index < -0.39 is 0 Å². The van der Waals surface area contributed by atoms with Crippen LogP contribution in [0.2, 0.25) is 0 Å². The average Bonchev–Trinajstić information content (AvgIpc) is 2.59. The van der Waals surface area contributed by atoms with Gasteiger partial charge in [-0.15, -0.1) is 5.10 Å². The normalized spacial score (nSPS) is 13.1. The fourth-order valence-corrected chi connectivity index (χ4v) is 1.97. The van der Waals surface area contributed by atoms with Crippen LogP contribution in [0.25, 0.3) is 0 Å². The van der Waals surface area contributed by atoms with Gasteiger partial charge in [0.1, 0.15) is 0 Å². The molecule has 0 fully saturated rings. The zero-order chi connectivity index (χ0) is 10.4. The lowest BCUT2D eigenvalue weighted by Crippen LogP contribution is -2.26. The van der Waals surface area contributed by atoms with Gasteiger partial charge in [-0.3, -0.25) is 4.68 Å². The van der Waals surface area contributed by atoms with Gasteiger partial charge in [0.25, 0.3) is 0 Å². The Hall–Kier alpha value is -0.550. The monoisotopic (exact) mass is 214 g/mol. The van der Waals surface area contributed by atoms with Crippen molar-refractivity contribution in [3.63, 3.8) is 0 Å². The number of aromatic nitrogens is 3. The summed E-state index contributed by atoms with van der Waals surface area (Å²) in [6.07, 6.45) is 5.10. The van der Waals surface area contributed by atoms with Crippen LogP contribution in [0.3, 0.4) is 0 Å². The van der Waals surface area contributed by atoms with Crippen molar-refractivity contribution in [2.45, 2.75) is 19.4 Å². The molecule has 0 radical (unpaired) electrons. The highest BCUT2D eigenvalue weighted by atomic mass is 32.2. The van der Waals surface area contributed by atoms with E-state index in [4.69, 9.17) is 0 Å². The summed E-state index contributed by atoms with van der Waals surface area (Å²) in [6.45, 7) is 3.21. The first-order valence-electron chi connectivity index (χ1n) is 4.86. The van der Waals surface area contributed by atoms with Crippen LogP contribution in [0.5, 0.6) is 0 Å². The fraction of sp³-hybridized carbons (Fsp3) is 0.778. The van der Waals surface area contributed by atoms with Gasteiger partial charge in [-0.25, -0.2) is 0 Å². The number of hydrogen-bond acceptors (Lipinski definition) is 4. The van der Waals surface area contributed by atoms with Crippen LogP contribution in [0.15, 0.2) is 6.20 Å². The first kappa shape index (κ1) is 11.5. The van der Waals surface area contributed by atoms with Gasteiger partial charge >= 0.3 is 0 Å². The maximum atomic E-state index is 3.95. The van der Waals surface area contributed by atoms with Crippen LogP contribution in [0.1, 0.15) is 25.1 Å². The second kappa shape index (κ2) is 6.03. The lowest BCUT2D eigenvalue weighted by molar-refractivity contribution is 0.533. The minimum atomic E-state index is 0.366. The number of thioether (sulfide) groups is 1. The molecular formula is C9H18N4S. The van der Waals surface area contributed by atoms with Gasteiger partial charge in [-0.2, -0.15) is 11.8 Å². The number of hydrogen-bond donors (Lipinski definition) is 1. The van der Waals surface area contributed by atoms with E-state index in [1.165, 1.54) is 0 Å². The van der Waals surface area contributed by atoms with Crippen molar-refractivity contribution in [2.75, 3.05) is 18.6 Å². The number of nitrogens with one attached hydrogen (secondary N) is 1. The van der Waals surface area contributed by atoms with E-state index in [9.17, 15) is 0 Å². The van der Waals surface area contributed by atoms with Gasteiger partial charge in [0.05, 0.1) is 17.9 Å². The molecule has 0 aliphatic heterocycles. The van der Waals surface area contributed by atoms with Gasteiger partial charge in [0, 0.05) is 12.8 Å². The first-order chi connectivity index (χ1) is 6.79. The maximum Gasteiger partial charge on any atom is 0.0761 e. The first-order valence-corrected chi connectivity index (χ1v) is 6.25. The Morgan fingerprint density at radius 1 is 1.64 bits per heavy atom. The van der Waals surface area contributed by atoms with E-state index in [1.807, 2.05) is 29.7 Å². The van der Waals surface area contributed by atoms with Crippen molar-refractivity contribution in [1.29, 1.82) is 0 Å². The topological polar surface area (TPSA) is 42.7 Å². The Kier molecular flexibility index (Phi) is 4.97. The van der Waals surface area contributed by atoms with Gasteiger partial charge in [-0.05, 0) is 19.2 Å². The summed E-state index contributed by atoms with van der Waals surface area (Å²) in [5.74, 6) is 1.06. The zero-order valence-electron chi connectivity index (χ0n) is 9.03. The molecule has 0 aliphatic carbocycles. The van der Waals surface area contributed by atoms with Crippen LogP contribution in [0, 0.1) is 0 Å². The number of nitrogens with zero attached hydrogens (tertiary/aromatic N) is 3. The smallest absolute Gasteiger partial charge is 0.0761 e. The molecular weight excluding hydrogens is 196 g/mol. The van der Waals surface area contributed by atoms with Crippen molar-refractivity contribution in [1.82, 2.24) is 20.3 Å². The lowest BCUT2D eigenvalue weighted by Gasteiger charge is -2.16. The summed E-state index contributed by atoms with van der Waals surface area (Å²) in [4.78, 5) is 0. The molecule has 1 heterocycles. The SMILES string of the molecule is CCCNC(CSC)c1cnnn1C. The quantitative estimate of drug-likeness (QED) is 0.773. The minimum Gasteiger partial charge on any atom is -0.308 e. The van der Waals surface area contributed by atoms with E-state index in [0.29, 0.717) is 6.04 Å². The second-order valence-corrected chi connectivity index (χ2v) is 4.16. The van der Waals surface area contributed by atoms with E-state index >= 15 is 0 Å². The van der Waals surface area contributed by atoms with E-state index in [-0.39, 0.29) is 0 Å². The Labute approximate surface area is 89.5 Å². The molecule has 4 nitrogen and oxygen atoms in total. The molecule has 0 bridgehead atoms. The van der Waals surface area contributed by atoms with Crippen molar-refractivity contribution < 1.29 is 0 Å². The molecule has 0 amide bonds. The molecule has 1 aromatic rings. The molecule has 1 unspecified atom stereocenters. The molecule has 0 spiro atoms. The highest BCUT2D eigenvalue weighted by molar-refractivity contribution is 7.98. The molecule has 80 valence electrons. The highest BCUT2D eigenvalue weighted by Gasteiger charge is 2.13. The maximum absolute atomic E-state index is 3.95. The molecule has 14 heavy (non-hydrogen) atoms. The summed E-state index contributed by atoms with van der Waals surface area (Å²) in [7, 11) is 1.93. The molecule has 0 saturated heterocycles. The van der Waals surface area contributed by atoms with Crippen LogP contribution >= 0.6 is 11.8 Å². The summed E-state index contributed by atoms with van der Waals surface area (Å²) < 4.78 is 1.84. The summed E-state index contributed by atoms with van der Waals surface area (Å²) >= 11 is 1.84. The number of aryl methyl sites for hydroxylation is 1. The molecule has 0 aliphatic rings. The standard InChI is InChI=1S/C9H18N4S/c1-4-5-10-8(7-14-3)9-6-11-12-13(9)2/h6,8,10H,4-5,7H2,1-3H3. The van der Waals surface area contributed by atoms with Gasteiger partial charge in [0.15, 0.2) is 0 Å². The Balaban J connectivity index is 2.62. The lowest BCUT2D eigenvalue weighted by atomic mass is 10.2. The Morgan fingerprint density at radius 2 is 2.43 bits per heavy atom. The molecule has 5 heteroatoms. The largest absolute Gasteiger partial charge is 0.308 e. The van der Waals surface area contributed by atoms with Gasteiger partial charge in [-0.1, -0.05) is 12.1 Å². The molecule has 1 atom stereocenters. The van der Waals surface area contributed by atoms with E-state index in [0.717, 1.165) is 24.4 Å². The summed E-state index contributed by atoms with van der Waals surface area (Å²) in [6, 6.07) is 0.366. The van der Waals surface area contributed by atoms with Crippen molar-refractivity contribution in [3.05, 3.63) is 11.9 Å². The fourth-order valence-electron chi connectivity index (χ4n) is 1.35. The predicted octanol–water partition coefficient (Wildman–Crippen LogP) is 1.22. The molecule has 0 aromatic carbocycles. The minimum absolute atomic E-state index is 0.366. The summed E-state index contributed by atoms with van der Waals surface area (Å²) in [5, 5.41) is 11.3. The third-order valence-corrected chi connectivity index (χ3v) is 2.75. The van der Waals surface area contributed by atoms with Crippen molar-refractivity contribution in [2.24, 2.45) is 7.05 Å². The van der Waals surface area contributed by atoms with Gasteiger partial charge < -0.3 is 5.32 Å². The van der Waals surface area contributed by atoms with Crippen molar-refractivity contribution in [3.8, 4) is 0 Å². The van der Waals surface area contributed by atoms with Crippen LogP contribution in [-0.4, -0.2) is 33.5 Å². The van der Waals surface area contributed by atoms with Gasteiger partial charge in [0.2, 0.25) is 0 Å². The zero-order valence-corrected chi connectivity index (χ0v) is 9.84. The highest BCUT2D eigenvalue weighted by Crippen LogP contribution is 2.14. The van der Waals surface area contributed by atoms with E-state index in [2.05, 4.69) is 28.8 Å². The van der Waals surface area contributed by atoms with Crippen LogP contribution in [0.4, 0.5) is 0 Å². The number of rotatable bonds is 6. The van der Waals surface area contributed by atoms with Crippen LogP contribution in [-0.2, 0) is 7.05 Å². The molecule has 1 rings (SSSR count). The Bertz CT molecular complexity index is 261. The Morgan fingerprint density at radius 3 is 2.93 bits per heavy atom. The third-order valence-electron chi connectivity index (χ3n) is 2.08. The third kappa shape index (κ3) is 2.99. The summed E-state index contributed by atoms with van der Waals surface area (Å²) in [5.41, 5.74) is 1.16. The van der Waals surface area contributed by atoms with Crippen molar-refractivity contribution >= 4 is 11.8 Å². The predicted molar refractivity (Wildman–Crippen MR) is 60.4 cm³/mol. The molecule has 0 saturated carbocycles. The molecule has 1 N–H and O–H groups in total.